The number of aryl methyl sites for hydroxylation is 2. The van der Waals surface area contributed by atoms with Crippen LogP contribution >= 0.6 is 11.3 Å². The standard InChI is InChI=1S/C22H18N4O5S/c1-12-8-9-15(26(30)31)10-16(12)23-17(27)11-25-21(28)19-18(14-6-4-3-5-7-14)13(2)32-20(19)24-22(25)29/h3-10H,11H2,1-2H3,(H,23,27)(H,24,29). The van der Waals surface area contributed by atoms with E-state index in [2.05, 4.69) is 10.3 Å². The maximum Gasteiger partial charge on any atom is 0.329 e. The number of carbonyl (C=O) groups excluding carboxylic acids is 1. The first kappa shape index (κ1) is 21.2. The fourth-order valence-electron chi connectivity index (χ4n) is 3.52. The number of fused-ring (bicyclic) bond motifs is 1. The Bertz CT molecular complexity index is 1480. The molecule has 10 heteroatoms. The molecule has 4 rings (SSSR count). The van der Waals surface area contributed by atoms with E-state index in [0.29, 0.717) is 15.8 Å². The summed E-state index contributed by atoms with van der Waals surface area (Å²) >= 11 is 1.31. The van der Waals surface area contributed by atoms with Crippen LogP contribution in [0.3, 0.4) is 0 Å². The van der Waals surface area contributed by atoms with Crippen molar-refractivity contribution in [3.8, 4) is 11.1 Å². The molecule has 0 saturated heterocycles. The van der Waals surface area contributed by atoms with Gasteiger partial charge in [-0.05, 0) is 25.0 Å². The molecule has 0 aliphatic carbocycles. The molecule has 162 valence electrons. The Kier molecular flexibility index (Phi) is 5.45. The van der Waals surface area contributed by atoms with Crippen molar-refractivity contribution in [2.45, 2.75) is 20.4 Å². The number of thiophene rings is 1. The Balaban J connectivity index is 1.74. The lowest BCUT2D eigenvalue weighted by atomic mass is 10.0. The van der Waals surface area contributed by atoms with E-state index in [1.54, 1.807) is 6.92 Å². The highest BCUT2D eigenvalue weighted by molar-refractivity contribution is 7.19. The number of nitro groups is 1. The summed E-state index contributed by atoms with van der Waals surface area (Å²) in [6.45, 7) is 3.02. The van der Waals surface area contributed by atoms with Gasteiger partial charge in [-0.2, -0.15) is 0 Å². The summed E-state index contributed by atoms with van der Waals surface area (Å²) in [6.07, 6.45) is 0. The molecule has 2 aromatic carbocycles. The van der Waals surface area contributed by atoms with Gasteiger partial charge in [0.25, 0.3) is 11.2 Å². The van der Waals surface area contributed by atoms with E-state index in [1.807, 2.05) is 37.3 Å². The van der Waals surface area contributed by atoms with Crippen LogP contribution < -0.4 is 16.6 Å². The summed E-state index contributed by atoms with van der Waals surface area (Å²) in [5.74, 6) is -0.645. The average Bonchev–Trinajstić information content (AvgIpc) is 3.08. The number of amides is 1. The van der Waals surface area contributed by atoms with Crippen molar-refractivity contribution in [1.82, 2.24) is 9.55 Å². The molecular formula is C22H18N4O5S. The predicted octanol–water partition coefficient (Wildman–Crippen LogP) is 3.58. The summed E-state index contributed by atoms with van der Waals surface area (Å²) < 4.78 is 0.836. The molecule has 9 nitrogen and oxygen atoms in total. The summed E-state index contributed by atoms with van der Waals surface area (Å²) in [7, 11) is 0. The molecule has 1 amide bonds. The topological polar surface area (TPSA) is 127 Å². The van der Waals surface area contributed by atoms with Gasteiger partial charge in [0.2, 0.25) is 5.91 Å². The monoisotopic (exact) mass is 450 g/mol. The number of anilines is 1. The van der Waals surface area contributed by atoms with Crippen molar-refractivity contribution < 1.29 is 9.72 Å². The van der Waals surface area contributed by atoms with Gasteiger partial charge in [-0.25, -0.2) is 4.79 Å². The van der Waals surface area contributed by atoms with Crippen LogP contribution in [0.4, 0.5) is 11.4 Å². The molecule has 2 N–H and O–H groups in total. The molecule has 0 radical (unpaired) electrons. The number of carbonyl (C=O) groups is 1. The number of rotatable bonds is 5. The maximum absolute atomic E-state index is 13.2. The van der Waals surface area contributed by atoms with Crippen molar-refractivity contribution in [3.05, 3.63) is 89.9 Å². The molecular weight excluding hydrogens is 432 g/mol. The Morgan fingerprint density at radius 1 is 1.16 bits per heavy atom. The average molecular weight is 450 g/mol. The van der Waals surface area contributed by atoms with Crippen molar-refractivity contribution in [3.63, 3.8) is 0 Å². The van der Waals surface area contributed by atoms with Crippen LogP contribution in [0, 0.1) is 24.0 Å². The van der Waals surface area contributed by atoms with E-state index in [0.717, 1.165) is 20.6 Å². The first-order chi connectivity index (χ1) is 15.3. The molecule has 2 aromatic heterocycles. The lowest BCUT2D eigenvalue weighted by Crippen LogP contribution is -2.38. The molecule has 0 unspecified atom stereocenters. The number of nitrogens with one attached hydrogen (secondary N) is 2. The predicted molar refractivity (Wildman–Crippen MR) is 123 cm³/mol. The minimum absolute atomic E-state index is 0.177. The number of hydrogen-bond acceptors (Lipinski definition) is 6. The molecule has 0 bridgehead atoms. The summed E-state index contributed by atoms with van der Waals surface area (Å²) in [5, 5.41) is 13.9. The van der Waals surface area contributed by atoms with Crippen LogP contribution in [0.2, 0.25) is 0 Å². The zero-order valence-corrected chi connectivity index (χ0v) is 18.0. The molecule has 32 heavy (non-hydrogen) atoms. The number of H-pyrrole nitrogens is 1. The second-order valence-electron chi connectivity index (χ2n) is 7.23. The fraction of sp³-hybridized carbons (Fsp3) is 0.136. The summed E-state index contributed by atoms with van der Waals surface area (Å²) in [6, 6.07) is 13.4. The van der Waals surface area contributed by atoms with Gasteiger partial charge in [0.05, 0.1) is 16.0 Å². The van der Waals surface area contributed by atoms with Crippen LogP contribution in [0.25, 0.3) is 21.3 Å². The van der Waals surface area contributed by atoms with Crippen molar-refractivity contribution in [2.75, 3.05) is 5.32 Å². The Morgan fingerprint density at radius 3 is 2.56 bits per heavy atom. The van der Waals surface area contributed by atoms with Crippen LogP contribution in [0.15, 0.2) is 58.1 Å². The van der Waals surface area contributed by atoms with Gasteiger partial charge in [-0.15, -0.1) is 11.3 Å². The molecule has 0 fully saturated rings. The van der Waals surface area contributed by atoms with Gasteiger partial charge >= 0.3 is 5.69 Å². The zero-order valence-electron chi connectivity index (χ0n) is 17.2. The smallest absolute Gasteiger partial charge is 0.324 e. The number of non-ortho nitro benzene ring substituents is 1. The zero-order chi connectivity index (χ0) is 23.0. The van der Waals surface area contributed by atoms with Gasteiger partial charge in [-0.1, -0.05) is 36.4 Å². The highest BCUT2D eigenvalue weighted by Crippen LogP contribution is 2.34. The third-order valence-electron chi connectivity index (χ3n) is 5.08. The minimum Gasteiger partial charge on any atom is -0.324 e. The van der Waals surface area contributed by atoms with Gasteiger partial charge in [0.15, 0.2) is 0 Å². The van der Waals surface area contributed by atoms with Crippen LogP contribution in [0.1, 0.15) is 10.4 Å². The molecule has 0 aliphatic heterocycles. The summed E-state index contributed by atoms with van der Waals surface area (Å²) in [4.78, 5) is 52.9. The number of aromatic amines is 1. The number of nitrogens with zero attached hydrogens (tertiary/aromatic N) is 2. The van der Waals surface area contributed by atoms with E-state index in [4.69, 9.17) is 0 Å². The van der Waals surface area contributed by atoms with E-state index >= 15 is 0 Å². The lowest BCUT2D eigenvalue weighted by Gasteiger charge is -2.10. The second-order valence-corrected chi connectivity index (χ2v) is 8.45. The lowest BCUT2D eigenvalue weighted by molar-refractivity contribution is -0.384. The van der Waals surface area contributed by atoms with Gasteiger partial charge in [0.1, 0.15) is 11.4 Å². The number of aromatic nitrogens is 2. The maximum atomic E-state index is 13.2. The highest BCUT2D eigenvalue weighted by atomic mass is 32.1. The van der Waals surface area contributed by atoms with Crippen LogP contribution in [-0.2, 0) is 11.3 Å². The third kappa shape index (κ3) is 3.83. The van der Waals surface area contributed by atoms with E-state index in [-0.39, 0.29) is 11.4 Å². The quantitative estimate of drug-likeness (QED) is 0.355. The molecule has 0 aliphatic rings. The summed E-state index contributed by atoms with van der Waals surface area (Å²) in [5.41, 5.74) is 0.960. The largest absolute Gasteiger partial charge is 0.329 e. The normalized spacial score (nSPS) is 10.9. The first-order valence-corrected chi connectivity index (χ1v) is 10.4. The van der Waals surface area contributed by atoms with Crippen molar-refractivity contribution in [1.29, 1.82) is 0 Å². The Labute approximate surface area is 185 Å². The van der Waals surface area contributed by atoms with Crippen LogP contribution in [-0.4, -0.2) is 20.4 Å². The van der Waals surface area contributed by atoms with Crippen LogP contribution in [0.5, 0.6) is 0 Å². The SMILES string of the molecule is Cc1ccc([N+](=O)[O-])cc1NC(=O)Cn1c(=O)[nH]c2sc(C)c(-c3ccccc3)c2c1=O. The highest BCUT2D eigenvalue weighted by Gasteiger charge is 2.20. The second kappa shape index (κ2) is 8.23. The molecule has 0 atom stereocenters. The molecule has 4 aromatic rings. The van der Waals surface area contributed by atoms with Gasteiger partial charge in [-0.3, -0.25) is 29.3 Å². The number of nitro benzene ring substituents is 1. The number of benzene rings is 2. The van der Waals surface area contributed by atoms with E-state index in [1.165, 1.54) is 29.5 Å². The Morgan fingerprint density at radius 2 is 1.88 bits per heavy atom. The van der Waals surface area contributed by atoms with E-state index < -0.39 is 28.6 Å². The first-order valence-electron chi connectivity index (χ1n) is 9.63. The Hall–Kier alpha value is -4.05. The van der Waals surface area contributed by atoms with Gasteiger partial charge < -0.3 is 5.32 Å². The van der Waals surface area contributed by atoms with Crippen molar-refractivity contribution >= 4 is 38.8 Å². The minimum atomic E-state index is -0.700. The number of hydrogen-bond donors (Lipinski definition) is 2. The molecule has 2 heterocycles. The van der Waals surface area contributed by atoms with Crippen molar-refractivity contribution in [2.24, 2.45) is 0 Å². The third-order valence-corrected chi connectivity index (χ3v) is 6.10. The van der Waals surface area contributed by atoms with E-state index in [9.17, 15) is 24.5 Å². The van der Waals surface area contributed by atoms with Gasteiger partial charge in [0, 0.05) is 22.6 Å². The molecule has 0 spiro atoms. The molecule has 0 saturated carbocycles. The fourth-order valence-corrected chi connectivity index (χ4v) is 4.57.